The highest BCUT2D eigenvalue weighted by Crippen LogP contribution is 2.25. The highest BCUT2D eigenvalue weighted by molar-refractivity contribution is 7.12. The number of likely N-dealkylation sites (tertiary alicyclic amines) is 1. The third-order valence-corrected chi connectivity index (χ3v) is 7.01. The topological polar surface area (TPSA) is 36.0 Å². The molecule has 2 aliphatic rings. The summed E-state index contributed by atoms with van der Waals surface area (Å²) in [5.74, 6) is 1.12. The zero-order valence-electron chi connectivity index (χ0n) is 16.8. The molecule has 1 unspecified atom stereocenters. The Morgan fingerprint density at radius 3 is 2.46 bits per heavy atom. The molecule has 5 nitrogen and oxygen atoms in total. The molecule has 0 N–H and O–H groups in total. The molecule has 2 saturated heterocycles. The first-order chi connectivity index (χ1) is 13.7. The number of benzene rings is 1. The van der Waals surface area contributed by atoms with Crippen LogP contribution in [0.25, 0.3) is 0 Å². The Balaban J connectivity index is 1.34. The van der Waals surface area contributed by atoms with Gasteiger partial charge in [-0.15, -0.1) is 11.3 Å². The van der Waals surface area contributed by atoms with Gasteiger partial charge in [0.05, 0.1) is 12.0 Å². The van der Waals surface area contributed by atoms with Gasteiger partial charge in [0.2, 0.25) is 0 Å². The van der Waals surface area contributed by atoms with E-state index in [9.17, 15) is 4.79 Å². The van der Waals surface area contributed by atoms with Crippen LogP contribution in [-0.4, -0.2) is 68.1 Å². The fourth-order valence-electron chi connectivity index (χ4n) is 4.31. The number of hydrogen-bond donors (Lipinski definition) is 0. The number of ether oxygens (including phenoxy) is 1. The summed E-state index contributed by atoms with van der Waals surface area (Å²) in [7, 11) is 1.70. The van der Waals surface area contributed by atoms with Crippen molar-refractivity contribution in [1.29, 1.82) is 0 Å². The third-order valence-electron chi connectivity index (χ3n) is 6.01. The first kappa shape index (κ1) is 19.3. The van der Waals surface area contributed by atoms with Gasteiger partial charge in [0.15, 0.2) is 0 Å². The highest BCUT2D eigenvalue weighted by Gasteiger charge is 2.31. The zero-order chi connectivity index (χ0) is 19.5. The second-order valence-electron chi connectivity index (χ2n) is 7.70. The molecule has 150 valence electrons. The van der Waals surface area contributed by atoms with E-state index in [-0.39, 0.29) is 5.91 Å². The molecule has 1 aromatic heterocycles. The van der Waals surface area contributed by atoms with Crippen LogP contribution in [0.4, 0.5) is 5.69 Å². The van der Waals surface area contributed by atoms with Crippen molar-refractivity contribution in [2.75, 3.05) is 51.3 Å². The number of carbonyl (C=O) groups excluding carboxylic acids is 1. The molecule has 0 saturated carbocycles. The summed E-state index contributed by atoms with van der Waals surface area (Å²) < 4.78 is 5.26. The Morgan fingerprint density at radius 2 is 1.82 bits per heavy atom. The summed E-state index contributed by atoms with van der Waals surface area (Å²) in [5.41, 5.74) is 2.36. The predicted octanol–water partition coefficient (Wildman–Crippen LogP) is 3.49. The number of amides is 1. The van der Waals surface area contributed by atoms with Crippen LogP contribution in [-0.2, 0) is 0 Å². The number of methoxy groups -OCH3 is 1. The summed E-state index contributed by atoms with van der Waals surface area (Å²) in [6, 6.07) is 10.9. The smallest absolute Gasteiger partial charge is 0.264 e. The molecule has 3 heterocycles. The Labute approximate surface area is 171 Å². The summed E-state index contributed by atoms with van der Waals surface area (Å²) >= 11 is 1.57. The van der Waals surface area contributed by atoms with Crippen molar-refractivity contribution in [3.05, 3.63) is 46.2 Å². The van der Waals surface area contributed by atoms with Gasteiger partial charge >= 0.3 is 0 Å². The van der Waals surface area contributed by atoms with Crippen LogP contribution < -0.4 is 9.64 Å². The second-order valence-corrected chi connectivity index (χ2v) is 8.62. The molecule has 6 heteroatoms. The van der Waals surface area contributed by atoms with E-state index in [0.29, 0.717) is 6.04 Å². The number of aryl methyl sites for hydroxylation is 1. The molecular formula is C22H29N3O2S. The van der Waals surface area contributed by atoms with Gasteiger partial charge in [-0.1, -0.05) is 0 Å². The van der Waals surface area contributed by atoms with Crippen molar-refractivity contribution in [1.82, 2.24) is 9.80 Å². The number of thiophene rings is 1. The Hall–Kier alpha value is -2.05. The molecule has 1 amide bonds. The van der Waals surface area contributed by atoms with Crippen LogP contribution >= 0.6 is 11.3 Å². The van der Waals surface area contributed by atoms with E-state index in [1.165, 1.54) is 12.1 Å². The van der Waals surface area contributed by atoms with E-state index in [1.54, 1.807) is 18.4 Å². The van der Waals surface area contributed by atoms with Gasteiger partial charge in [0.1, 0.15) is 5.75 Å². The molecular weight excluding hydrogens is 370 g/mol. The van der Waals surface area contributed by atoms with E-state index in [0.717, 1.165) is 61.9 Å². The molecule has 0 radical (unpaired) electrons. The van der Waals surface area contributed by atoms with Crippen molar-refractivity contribution in [3.8, 4) is 5.75 Å². The maximum absolute atomic E-state index is 12.9. The third kappa shape index (κ3) is 4.03. The first-order valence-corrected chi connectivity index (χ1v) is 11.0. The lowest BCUT2D eigenvalue weighted by molar-refractivity contribution is 0.0567. The van der Waals surface area contributed by atoms with Gasteiger partial charge < -0.3 is 14.5 Å². The molecule has 0 spiro atoms. The van der Waals surface area contributed by atoms with Crippen LogP contribution in [0.3, 0.4) is 0 Å². The molecule has 0 aliphatic carbocycles. The summed E-state index contributed by atoms with van der Waals surface area (Å²) in [5, 5.41) is 2.02. The van der Waals surface area contributed by atoms with Crippen LogP contribution in [0.2, 0.25) is 0 Å². The van der Waals surface area contributed by atoms with Gasteiger partial charge in [-0.25, -0.2) is 0 Å². The second kappa shape index (κ2) is 8.53. The molecule has 1 atom stereocenters. The van der Waals surface area contributed by atoms with Gasteiger partial charge in [0, 0.05) is 51.0 Å². The number of piperidine rings is 1. The number of anilines is 1. The van der Waals surface area contributed by atoms with Gasteiger partial charge in [0.25, 0.3) is 5.91 Å². The van der Waals surface area contributed by atoms with E-state index in [4.69, 9.17) is 4.74 Å². The lowest BCUT2D eigenvalue weighted by Gasteiger charge is -2.44. The van der Waals surface area contributed by atoms with Crippen molar-refractivity contribution >= 4 is 22.9 Å². The molecule has 28 heavy (non-hydrogen) atoms. The van der Waals surface area contributed by atoms with Gasteiger partial charge in [-0.2, -0.15) is 0 Å². The van der Waals surface area contributed by atoms with Crippen molar-refractivity contribution in [2.45, 2.75) is 25.8 Å². The van der Waals surface area contributed by atoms with Crippen LogP contribution in [0.5, 0.6) is 5.75 Å². The first-order valence-electron chi connectivity index (χ1n) is 10.1. The van der Waals surface area contributed by atoms with E-state index >= 15 is 0 Å². The largest absolute Gasteiger partial charge is 0.497 e. The van der Waals surface area contributed by atoms with Crippen LogP contribution in [0, 0.1) is 6.92 Å². The fourth-order valence-corrected chi connectivity index (χ4v) is 5.20. The molecule has 2 fully saturated rings. The highest BCUT2D eigenvalue weighted by atomic mass is 32.1. The Bertz CT molecular complexity index is 796. The normalized spacial score (nSPS) is 21.0. The maximum atomic E-state index is 12.9. The minimum atomic E-state index is 0.217. The molecule has 4 rings (SSSR count). The summed E-state index contributed by atoms with van der Waals surface area (Å²) in [4.78, 5) is 20.9. The summed E-state index contributed by atoms with van der Waals surface area (Å²) in [6.07, 6.45) is 2.29. The number of nitrogens with zero attached hydrogens (tertiary/aromatic N) is 3. The van der Waals surface area contributed by atoms with Crippen LogP contribution in [0.1, 0.15) is 28.1 Å². The van der Waals surface area contributed by atoms with Crippen LogP contribution in [0.15, 0.2) is 35.7 Å². The quantitative estimate of drug-likeness (QED) is 0.789. The Kier molecular flexibility index (Phi) is 5.87. The van der Waals surface area contributed by atoms with E-state index in [2.05, 4.69) is 26.8 Å². The summed E-state index contributed by atoms with van der Waals surface area (Å²) in [6.45, 7) is 7.94. The molecule has 1 aromatic carbocycles. The fraction of sp³-hybridized carbons (Fsp3) is 0.500. The SMILES string of the molecule is COc1ccc(N2CCN(C3CCCN(C(=O)c4sccc4C)C3)CC2)cc1. The van der Waals surface area contributed by atoms with Crippen molar-refractivity contribution < 1.29 is 9.53 Å². The molecule has 0 bridgehead atoms. The number of hydrogen-bond acceptors (Lipinski definition) is 5. The Morgan fingerprint density at radius 1 is 1.07 bits per heavy atom. The standard InChI is InChI=1S/C22H29N3O2S/c1-17-9-15-28-21(17)22(26)25-10-3-4-19(16-25)24-13-11-23(12-14-24)18-5-7-20(27-2)8-6-18/h5-9,15,19H,3-4,10-14,16H2,1-2H3. The van der Waals surface area contributed by atoms with E-state index in [1.807, 2.05) is 30.5 Å². The van der Waals surface area contributed by atoms with Gasteiger partial charge in [-0.3, -0.25) is 9.69 Å². The lowest BCUT2D eigenvalue weighted by atomic mass is 10.0. The predicted molar refractivity (Wildman–Crippen MR) is 115 cm³/mol. The minimum absolute atomic E-state index is 0.217. The average molecular weight is 400 g/mol. The number of rotatable bonds is 4. The van der Waals surface area contributed by atoms with E-state index < -0.39 is 0 Å². The molecule has 2 aliphatic heterocycles. The minimum Gasteiger partial charge on any atom is -0.497 e. The number of carbonyl (C=O) groups is 1. The van der Waals surface area contributed by atoms with Crippen molar-refractivity contribution in [3.63, 3.8) is 0 Å². The molecule has 2 aromatic rings. The van der Waals surface area contributed by atoms with Gasteiger partial charge in [-0.05, 0) is 61.0 Å². The number of piperazine rings is 1. The lowest BCUT2D eigenvalue weighted by Crippen LogP contribution is -2.55. The van der Waals surface area contributed by atoms with Crippen molar-refractivity contribution in [2.24, 2.45) is 0 Å². The zero-order valence-corrected chi connectivity index (χ0v) is 17.6. The average Bonchev–Trinajstić information content (AvgIpc) is 3.19. The maximum Gasteiger partial charge on any atom is 0.264 e. The monoisotopic (exact) mass is 399 g/mol.